The number of aliphatic imine (C=N–C) groups is 1. The number of hydrogen-bond acceptors (Lipinski definition) is 2. The van der Waals surface area contributed by atoms with E-state index in [2.05, 4.69) is 34.2 Å². The monoisotopic (exact) mass is 345 g/mol. The van der Waals surface area contributed by atoms with Gasteiger partial charge in [0.2, 0.25) is 0 Å². The maximum atomic E-state index is 4.60. The molecule has 1 aromatic rings. The van der Waals surface area contributed by atoms with E-state index in [0.717, 1.165) is 24.7 Å². The Morgan fingerprint density at radius 3 is 2.40 bits per heavy atom. The van der Waals surface area contributed by atoms with E-state index in [9.17, 15) is 0 Å². The second-order valence-corrected chi connectivity index (χ2v) is 8.11. The fourth-order valence-corrected chi connectivity index (χ4v) is 4.85. The van der Waals surface area contributed by atoms with Gasteiger partial charge in [0, 0.05) is 45.0 Å². The molecule has 1 saturated heterocycles. The number of guanidine groups is 1. The predicted molar refractivity (Wildman–Crippen MR) is 104 cm³/mol. The molecule has 1 saturated carbocycles. The Bertz CT molecular complexity index is 608. The lowest BCUT2D eigenvalue weighted by Gasteiger charge is -2.44. The third kappa shape index (κ3) is 4.01. The van der Waals surface area contributed by atoms with E-state index < -0.39 is 0 Å². The quantitative estimate of drug-likeness (QED) is 0.658. The summed E-state index contributed by atoms with van der Waals surface area (Å²) in [5.74, 6) is 1.06. The molecule has 0 unspecified atom stereocenters. The molecule has 2 aliphatic rings. The maximum absolute atomic E-state index is 4.60. The number of aryl methyl sites for hydroxylation is 2. The van der Waals surface area contributed by atoms with E-state index in [1.54, 1.807) is 0 Å². The lowest BCUT2D eigenvalue weighted by atomic mass is 9.74. The summed E-state index contributed by atoms with van der Waals surface area (Å²) in [5.41, 5.74) is 4.18. The zero-order valence-electron chi connectivity index (χ0n) is 16.6. The number of aromatic nitrogens is 2. The fraction of sp³-hybridized carbons (Fsp3) is 0.800. The van der Waals surface area contributed by atoms with Crippen LogP contribution < -0.4 is 5.32 Å². The molecule has 5 heteroatoms. The van der Waals surface area contributed by atoms with Gasteiger partial charge in [0.25, 0.3) is 0 Å². The van der Waals surface area contributed by atoms with Crippen LogP contribution in [0.5, 0.6) is 0 Å². The zero-order valence-corrected chi connectivity index (χ0v) is 16.6. The number of nitrogens with one attached hydrogen (secondary N) is 1. The molecule has 1 N–H and O–H groups in total. The number of hydrogen-bond donors (Lipinski definition) is 1. The lowest BCUT2D eigenvalue weighted by molar-refractivity contribution is 0.115. The SMILES string of the molecule is CN=C(NCc1c(C)nn(C)c1C)N1CCCC2(CCCCCC2)C1. The average molecular weight is 346 g/mol. The number of nitrogens with zero attached hydrogens (tertiary/aromatic N) is 4. The molecule has 0 bridgehead atoms. The largest absolute Gasteiger partial charge is 0.352 e. The van der Waals surface area contributed by atoms with Gasteiger partial charge >= 0.3 is 0 Å². The van der Waals surface area contributed by atoms with Gasteiger partial charge in [-0.15, -0.1) is 0 Å². The summed E-state index contributed by atoms with van der Waals surface area (Å²) in [6.45, 7) is 7.35. The van der Waals surface area contributed by atoms with E-state index in [-0.39, 0.29) is 0 Å². The van der Waals surface area contributed by atoms with Crippen molar-refractivity contribution in [2.75, 3.05) is 20.1 Å². The molecule has 1 spiro atoms. The smallest absolute Gasteiger partial charge is 0.193 e. The Hall–Kier alpha value is -1.52. The summed E-state index contributed by atoms with van der Waals surface area (Å²) < 4.78 is 1.97. The van der Waals surface area contributed by atoms with Gasteiger partial charge in [-0.25, -0.2) is 0 Å². The number of likely N-dealkylation sites (tertiary alicyclic amines) is 1. The Balaban J connectivity index is 1.66. The van der Waals surface area contributed by atoms with Crippen molar-refractivity contribution in [1.29, 1.82) is 0 Å². The first-order chi connectivity index (χ1) is 12.0. The summed E-state index contributed by atoms with van der Waals surface area (Å²) in [5, 5.41) is 8.14. The Kier molecular flexibility index (Phi) is 5.70. The molecule has 2 heterocycles. The van der Waals surface area contributed by atoms with Crippen molar-refractivity contribution in [3.05, 3.63) is 17.0 Å². The van der Waals surface area contributed by atoms with Gasteiger partial charge in [0.05, 0.1) is 5.69 Å². The highest BCUT2D eigenvalue weighted by atomic mass is 15.3. The third-order valence-electron chi connectivity index (χ3n) is 6.42. The lowest BCUT2D eigenvalue weighted by Crippen LogP contribution is -2.50. The normalized spacial score (nSPS) is 21.4. The van der Waals surface area contributed by atoms with Gasteiger partial charge in [-0.3, -0.25) is 9.67 Å². The van der Waals surface area contributed by atoms with E-state index in [0.29, 0.717) is 5.41 Å². The Morgan fingerprint density at radius 1 is 1.12 bits per heavy atom. The van der Waals surface area contributed by atoms with Crippen LogP contribution in [0.1, 0.15) is 68.3 Å². The average Bonchev–Trinajstić information content (AvgIpc) is 2.77. The minimum Gasteiger partial charge on any atom is -0.352 e. The third-order valence-corrected chi connectivity index (χ3v) is 6.42. The van der Waals surface area contributed by atoms with Crippen LogP contribution in [0.3, 0.4) is 0 Å². The zero-order chi connectivity index (χ0) is 17.9. The molecule has 0 amide bonds. The highest BCUT2D eigenvalue weighted by molar-refractivity contribution is 5.80. The van der Waals surface area contributed by atoms with Crippen LogP contribution in [0.2, 0.25) is 0 Å². The van der Waals surface area contributed by atoms with E-state index >= 15 is 0 Å². The molecular formula is C20H35N5. The van der Waals surface area contributed by atoms with E-state index in [4.69, 9.17) is 0 Å². The van der Waals surface area contributed by atoms with Crippen molar-refractivity contribution in [2.45, 2.75) is 71.8 Å². The van der Waals surface area contributed by atoms with Crippen molar-refractivity contribution in [3.8, 4) is 0 Å². The van der Waals surface area contributed by atoms with Gasteiger partial charge < -0.3 is 10.2 Å². The Morgan fingerprint density at radius 2 is 1.80 bits per heavy atom. The summed E-state index contributed by atoms with van der Waals surface area (Å²) >= 11 is 0. The van der Waals surface area contributed by atoms with Crippen molar-refractivity contribution in [3.63, 3.8) is 0 Å². The molecule has 1 aliphatic heterocycles. The highest BCUT2D eigenvalue weighted by Crippen LogP contribution is 2.42. The van der Waals surface area contributed by atoms with E-state index in [1.165, 1.54) is 69.2 Å². The van der Waals surface area contributed by atoms with Gasteiger partial charge in [0.15, 0.2) is 5.96 Å². The standard InChI is InChI=1S/C20H35N5/c1-16-18(17(2)24(4)23-16)14-22-19(21-3)25-13-9-12-20(15-25)10-7-5-6-8-11-20/h5-15H2,1-4H3,(H,21,22). The van der Waals surface area contributed by atoms with Crippen molar-refractivity contribution < 1.29 is 0 Å². The first-order valence-corrected chi connectivity index (χ1v) is 9.99. The molecule has 3 rings (SSSR count). The van der Waals surface area contributed by atoms with Crippen LogP contribution in [0.15, 0.2) is 4.99 Å². The fourth-order valence-electron chi connectivity index (χ4n) is 4.85. The highest BCUT2D eigenvalue weighted by Gasteiger charge is 2.36. The number of piperidine rings is 1. The van der Waals surface area contributed by atoms with Crippen molar-refractivity contribution in [1.82, 2.24) is 20.0 Å². The second kappa shape index (κ2) is 7.79. The summed E-state index contributed by atoms with van der Waals surface area (Å²) in [7, 11) is 3.93. The van der Waals surface area contributed by atoms with Gasteiger partial charge in [-0.05, 0) is 44.9 Å². The summed E-state index contributed by atoms with van der Waals surface area (Å²) in [4.78, 5) is 7.11. The van der Waals surface area contributed by atoms with Gasteiger partial charge in [-0.2, -0.15) is 5.10 Å². The van der Waals surface area contributed by atoms with Gasteiger partial charge in [-0.1, -0.05) is 25.7 Å². The topological polar surface area (TPSA) is 45.5 Å². The molecule has 5 nitrogen and oxygen atoms in total. The van der Waals surface area contributed by atoms with E-state index in [1.807, 2.05) is 18.8 Å². The molecule has 25 heavy (non-hydrogen) atoms. The van der Waals surface area contributed by atoms with Gasteiger partial charge in [0.1, 0.15) is 0 Å². The van der Waals surface area contributed by atoms with Crippen molar-refractivity contribution >= 4 is 5.96 Å². The van der Waals surface area contributed by atoms with Crippen LogP contribution in [-0.2, 0) is 13.6 Å². The molecule has 0 radical (unpaired) electrons. The maximum Gasteiger partial charge on any atom is 0.193 e. The summed E-state index contributed by atoms with van der Waals surface area (Å²) in [6, 6.07) is 0. The minimum absolute atomic E-state index is 0.534. The number of rotatable bonds is 2. The first kappa shape index (κ1) is 18.3. The van der Waals surface area contributed by atoms with Crippen LogP contribution >= 0.6 is 0 Å². The molecule has 0 atom stereocenters. The van der Waals surface area contributed by atoms with Crippen LogP contribution in [-0.4, -0.2) is 40.8 Å². The molecule has 1 aromatic heterocycles. The first-order valence-electron chi connectivity index (χ1n) is 9.99. The summed E-state index contributed by atoms with van der Waals surface area (Å²) in [6.07, 6.45) is 11.2. The molecule has 140 valence electrons. The Labute approximate surface area is 152 Å². The van der Waals surface area contributed by atoms with Crippen molar-refractivity contribution in [2.24, 2.45) is 17.5 Å². The minimum atomic E-state index is 0.534. The van der Waals surface area contributed by atoms with Crippen LogP contribution in [0, 0.1) is 19.3 Å². The molecule has 1 aliphatic carbocycles. The molecule has 2 fully saturated rings. The molecule has 0 aromatic carbocycles. The van der Waals surface area contributed by atoms with Crippen LogP contribution in [0.25, 0.3) is 0 Å². The van der Waals surface area contributed by atoms with Crippen LogP contribution in [0.4, 0.5) is 0 Å². The predicted octanol–water partition coefficient (Wildman–Crippen LogP) is 3.55. The molecular weight excluding hydrogens is 310 g/mol. The second-order valence-electron chi connectivity index (χ2n) is 8.11.